The summed E-state index contributed by atoms with van der Waals surface area (Å²) in [5, 5.41) is 0. The van der Waals surface area contributed by atoms with E-state index >= 15 is 0 Å². The highest BCUT2D eigenvalue weighted by molar-refractivity contribution is 5.79. The predicted octanol–water partition coefficient (Wildman–Crippen LogP) is 3.46. The maximum atomic E-state index is 5.84. The second kappa shape index (κ2) is 6.20. The van der Waals surface area contributed by atoms with Crippen molar-refractivity contribution in [2.24, 2.45) is 4.99 Å². The van der Waals surface area contributed by atoms with E-state index in [9.17, 15) is 0 Å². The molecule has 0 aliphatic carbocycles. The van der Waals surface area contributed by atoms with Crippen LogP contribution in [-0.4, -0.2) is 31.6 Å². The molecule has 1 aromatic carbocycles. The van der Waals surface area contributed by atoms with Crippen molar-refractivity contribution in [2.45, 2.75) is 44.8 Å². The van der Waals surface area contributed by atoms with Crippen LogP contribution in [-0.2, 0) is 4.74 Å². The molecule has 0 spiro atoms. The molecule has 0 amide bonds. The molecular weight excluding hydrogens is 238 g/mol. The van der Waals surface area contributed by atoms with Crippen LogP contribution in [0.3, 0.4) is 0 Å². The Bertz CT molecular complexity index is 427. The quantitative estimate of drug-likeness (QED) is 0.777. The van der Waals surface area contributed by atoms with E-state index in [1.807, 2.05) is 30.5 Å². The fraction of sp³-hybridized carbons (Fsp3) is 0.562. The average Bonchev–Trinajstić information content (AvgIpc) is 2.46. The van der Waals surface area contributed by atoms with Gasteiger partial charge in [-0.25, -0.2) is 0 Å². The highest BCUT2D eigenvalue weighted by Crippen LogP contribution is 2.29. The van der Waals surface area contributed by atoms with E-state index in [4.69, 9.17) is 14.5 Å². The van der Waals surface area contributed by atoms with E-state index in [0.717, 1.165) is 37.2 Å². The number of methoxy groups -OCH3 is 1. The third-order valence-corrected chi connectivity index (χ3v) is 3.87. The van der Waals surface area contributed by atoms with E-state index in [2.05, 4.69) is 13.8 Å². The molecule has 1 heterocycles. The number of hydrogen-bond acceptors (Lipinski definition) is 3. The van der Waals surface area contributed by atoms with Crippen molar-refractivity contribution in [3.8, 4) is 5.75 Å². The lowest BCUT2D eigenvalue weighted by Gasteiger charge is -2.36. The topological polar surface area (TPSA) is 30.8 Å². The molecule has 1 aliphatic heterocycles. The van der Waals surface area contributed by atoms with Crippen molar-refractivity contribution in [1.29, 1.82) is 0 Å². The Morgan fingerprint density at radius 2 is 2.16 bits per heavy atom. The van der Waals surface area contributed by atoms with E-state index in [1.54, 1.807) is 7.11 Å². The molecule has 0 unspecified atom stereocenters. The Kier molecular flexibility index (Phi) is 4.59. The Balaban J connectivity index is 1.97. The fourth-order valence-electron chi connectivity index (χ4n) is 2.36. The zero-order valence-electron chi connectivity index (χ0n) is 12.1. The predicted molar refractivity (Wildman–Crippen MR) is 78.3 cm³/mol. The first-order valence-corrected chi connectivity index (χ1v) is 6.96. The van der Waals surface area contributed by atoms with Gasteiger partial charge in [0.1, 0.15) is 5.75 Å². The SMILES string of the molecule is CC[C@@]1(C)C[C@@H](N=Cc2ccc(OC)cc2)CCO1. The zero-order chi connectivity index (χ0) is 13.7. The number of ether oxygens (including phenoxy) is 2. The third-order valence-electron chi connectivity index (χ3n) is 3.87. The van der Waals surface area contributed by atoms with Gasteiger partial charge in [0.05, 0.1) is 18.8 Å². The van der Waals surface area contributed by atoms with E-state index < -0.39 is 0 Å². The van der Waals surface area contributed by atoms with Crippen LogP contribution in [0.4, 0.5) is 0 Å². The van der Waals surface area contributed by atoms with E-state index in [0.29, 0.717) is 6.04 Å². The first-order chi connectivity index (χ1) is 9.15. The molecule has 1 saturated heterocycles. The zero-order valence-corrected chi connectivity index (χ0v) is 12.1. The standard InChI is InChI=1S/C16H23NO2/c1-4-16(2)11-14(9-10-19-16)17-12-13-5-7-15(18-3)8-6-13/h5-8,12,14H,4,9-11H2,1-3H3/t14-,16-/m0/s1. The molecule has 1 aliphatic rings. The molecule has 2 atom stereocenters. The maximum Gasteiger partial charge on any atom is 0.118 e. The smallest absolute Gasteiger partial charge is 0.118 e. The lowest BCUT2D eigenvalue weighted by atomic mass is 9.90. The number of nitrogens with zero attached hydrogens (tertiary/aromatic N) is 1. The van der Waals surface area contributed by atoms with Crippen LogP contribution < -0.4 is 4.74 Å². The van der Waals surface area contributed by atoms with Crippen LogP contribution >= 0.6 is 0 Å². The minimum absolute atomic E-state index is 0.000163. The fourth-order valence-corrected chi connectivity index (χ4v) is 2.36. The maximum absolute atomic E-state index is 5.84. The van der Waals surface area contributed by atoms with Crippen LogP contribution in [0.1, 0.15) is 38.7 Å². The number of benzene rings is 1. The summed E-state index contributed by atoms with van der Waals surface area (Å²) in [5.74, 6) is 0.877. The first-order valence-electron chi connectivity index (χ1n) is 6.96. The van der Waals surface area contributed by atoms with Crippen molar-refractivity contribution in [3.05, 3.63) is 29.8 Å². The summed E-state index contributed by atoms with van der Waals surface area (Å²) in [7, 11) is 1.68. The van der Waals surface area contributed by atoms with Gasteiger partial charge >= 0.3 is 0 Å². The first kappa shape index (κ1) is 14.1. The molecule has 1 aromatic rings. The molecule has 0 bridgehead atoms. The lowest BCUT2D eigenvalue weighted by molar-refractivity contribution is -0.0729. The van der Waals surface area contributed by atoms with Gasteiger partial charge in [-0.1, -0.05) is 6.92 Å². The minimum atomic E-state index is 0.000163. The summed E-state index contributed by atoms with van der Waals surface area (Å²) in [6.07, 6.45) is 5.03. The van der Waals surface area contributed by atoms with Gasteiger partial charge in [0.15, 0.2) is 0 Å². The number of hydrogen-bond donors (Lipinski definition) is 0. The van der Waals surface area contributed by atoms with Gasteiger partial charge in [-0.2, -0.15) is 0 Å². The molecule has 1 fully saturated rings. The van der Waals surface area contributed by atoms with Crippen molar-refractivity contribution in [3.63, 3.8) is 0 Å². The average molecular weight is 261 g/mol. The summed E-state index contributed by atoms with van der Waals surface area (Å²) < 4.78 is 11.0. The Hall–Kier alpha value is -1.35. The van der Waals surface area contributed by atoms with Gasteiger partial charge in [0.2, 0.25) is 0 Å². The third kappa shape index (κ3) is 3.80. The monoisotopic (exact) mass is 261 g/mol. The van der Waals surface area contributed by atoms with Gasteiger partial charge < -0.3 is 9.47 Å². The van der Waals surface area contributed by atoms with Gasteiger partial charge in [0, 0.05) is 12.8 Å². The number of rotatable bonds is 4. The molecule has 0 radical (unpaired) electrons. The van der Waals surface area contributed by atoms with Crippen LogP contribution in [0.2, 0.25) is 0 Å². The molecule has 0 saturated carbocycles. The van der Waals surface area contributed by atoms with Crippen LogP contribution in [0.5, 0.6) is 5.75 Å². The van der Waals surface area contributed by atoms with Gasteiger partial charge in [-0.3, -0.25) is 4.99 Å². The van der Waals surface area contributed by atoms with Crippen LogP contribution in [0, 0.1) is 0 Å². The van der Waals surface area contributed by atoms with Gasteiger partial charge in [0.25, 0.3) is 0 Å². The van der Waals surface area contributed by atoms with Gasteiger partial charge in [-0.15, -0.1) is 0 Å². The second-order valence-electron chi connectivity index (χ2n) is 5.35. The summed E-state index contributed by atoms with van der Waals surface area (Å²) in [5.41, 5.74) is 1.12. The summed E-state index contributed by atoms with van der Waals surface area (Å²) in [4.78, 5) is 4.71. The molecule has 104 valence electrons. The molecule has 0 N–H and O–H groups in total. The van der Waals surface area contributed by atoms with Crippen molar-refractivity contribution in [1.82, 2.24) is 0 Å². The molecule has 3 heteroatoms. The summed E-state index contributed by atoms with van der Waals surface area (Å²) in [6, 6.07) is 8.35. The highest BCUT2D eigenvalue weighted by Gasteiger charge is 2.31. The molecule has 19 heavy (non-hydrogen) atoms. The van der Waals surface area contributed by atoms with Crippen molar-refractivity contribution in [2.75, 3.05) is 13.7 Å². The van der Waals surface area contributed by atoms with Crippen molar-refractivity contribution < 1.29 is 9.47 Å². The van der Waals surface area contributed by atoms with E-state index in [1.165, 1.54) is 0 Å². The second-order valence-corrected chi connectivity index (χ2v) is 5.35. The highest BCUT2D eigenvalue weighted by atomic mass is 16.5. The summed E-state index contributed by atoms with van der Waals surface area (Å²) in [6.45, 7) is 5.17. The lowest BCUT2D eigenvalue weighted by Crippen LogP contribution is -2.38. The van der Waals surface area contributed by atoms with Crippen molar-refractivity contribution >= 4 is 6.21 Å². The Labute approximate surface area is 115 Å². The number of aliphatic imine (C=N–C) groups is 1. The normalized spacial score (nSPS) is 27.6. The molecule has 0 aromatic heterocycles. The van der Waals surface area contributed by atoms with E-state index in [-0.39, 0.29) is 5.60 Å². The minimum Gasteiger partial charge on any atom is -0.497 e. The Morgan fingerprint density at radius 3 is 2.79 bits per heavy atom. The molecular formula is C16H23NO2. The molecule has 3 nitrogen and oxygen atoms in total. The van der Waals surface area contributed by atoms with Crippen LogP contribution in [0.25, 0.3) is 0 Å². The molecule has 2 rings (SSSR count). The Morgan fingerprint density at radius 1 is 1.42 bits per heavy atom. The van der Waals surface area contributed by atoms with Gasteiger partial charge in [-0.05, 0) is 56.0 Å². The largest absolute Gasteiger partial charge is 0.497 e. The van der Waals surface area contributed by atoms with Crippen LogP contribution in [0.15, 0.2) is 29.3 Å². The summed E-state index contributed by atoms with van der Waals surface area (Å²) >= 11 is 0.